The molecule has 0 aliphatic heterocycles. The van der Waals surface area contributed by atoms with Gasteiger partial charge in [0.1, 0.15) is 0 Å². The van der Waals surface area contributed by atoms with E-state index < -0.39 is 15.7 Å². The Morgan fingerprint density at radius 1 is 1.00 bits per heavy atom. The minimum atomic E-state index is -1.28. The molecular weight excluding hydrogens is 354 g/mol. The third kappa shape index (κ3) is 2.61. The molecule has 1 aromatic carbocycles. The maximum atomic E-state index is 3.58. The number of hydrogen-bond donors (Lipinski definition) is 0. The molecule has 0 unspecified atom stereocenters. The van der Waals surface area contributed by atoms with Gasteiger partial charge < -0.3 is 0 Å². The van der Waals surface area contributed by atoms with Gasteiger partial charge in [0, 0.05) is 0 Å². The fourth-order valence-electron chi connectivity index (χ4n) is 0.541. The van der Waals surface area contributed by atoms with Crippen molar-refractivity contribution in [3.8, 4) is 0 Å². The Morgan fingerprint density at radius 2 is 1.56 bits per heavy atom. The molecule has 3 heteroatoms. The maximum absolute atomic E-state index is 3.58. The van der Waals surface area contributed by atoms with E-state index in [9.17, 15) is 0 Å². The zero-order valence-electron chi connectivity index (χ0n) is 4.59. The Bertz CT molecular complexity index is 174. The molecule has 0 aliphatic rings. The van der Waals surface area contributed by atoms with Gasteiger partial charge in [-0.1, -0.05) is 0 Å². The first kappa shape index (κ1) is 8.10. The van der Waals surface area contributed by atoms with Crippen molar-refractivity contribution in [2.45, 2.75) is 0 Å². The van der Waals surface area contributed by atoms with Crippen LogP contribution in [-0.2, 0) is 0 Å². The predicted molar refractivity (Wildman–Crippen MR) is 49.7 cm³/mol. The van der Waals surface area contributed by atoms with Crippen LogP contribution in [0.4, 0.5) is 0 Å². The molecular formula is C6H5Br2Sb. The van der Waals surface area contributed by atoms with Gasteiger partial charge >= 0.3 is 74.7 Å². The van der Waals surface area contributed by atoms with Crippen LogP contribution < -0.4 is 3.51 Å². The van der Waals surface area contributed by atoms with Crippen LogP contribution in [0.25, 0.3) is 0 Å². The van der Waals surface area contributed by atoms with E-state index in [1.807, 2.05) is 6.07 Å². The molecule has 0 bridgehead atoms. The second-order valence-corrected chi connectivity index (χ2v) is 20.3. The summed E-state index contributed by atoms with van der Waals surface area (Å²) in [6.45, 7) is 0. The van der Waals surface area contributed by atoms with Gasteiger partial charge in [0.25, 0.3) is 0 Å². The molecule has 48 valence electrons. The van der Waals surface area contributed by atoms with Gasteiger partial charge in [-0.3, -0.25) is 0 Å². The van der Waals surface area contributed by atoms with Crippen LogP contribution in [0.2, 0.25) is 0 Å². The molecule has 0 aliphatic carbocycles. The Kier molecular flexibility index (Phi) is 3.60. The Balaban J connectivity index is 2.85. The number of halogens is 2. The number of benzene rings is 1. The van der Waals surface area contributed by atoms with Gasteiger partial charge in [0.2, 0.25) is 0 Å². The van der Waals surface area contributed by atoms with Gasteiger partial charge in [-0.2, -0.15) is 0 Å². The van der Waals surface area contributed by atoms with Crippen molar-refractivity contribution >= 4 is 44.4 Å². The van der Waals surface area contributed by atoms with Crippen molar-refractivity contribution in [3.05, 3.63) is 30.3 Å². The first-order valence-electron chi connectivity index (χ1n) is 2.47. The van der Waals surface area contributed by atoms with Crippen molar-refractivity contribution < 1.29 is 0 Å². The molecule has 0 saturated heterocycles. The SMILES string of the molecule is [Br][Sb]([Br])[c]1ccccc1. The van der Waals surface area contributed by atoms with Gasteiger partial charge in [-0.25, -0.2) is 0 Å². The molecule has 1 rings (SSSR count). The third-order valence-electron chi connectivity index (χ3n) is 0.951. The van der Waals surface area contributed by atoms with Crippen LogP contribution in [0.3, 0.4) is 0 Å². The van der Waals surface area contributed by atoms with Crippen molar-refractivity contribution in [2.75, 3.05) is 0 Å². The molecule has 0 saturated carbocycles. The first-order valence-corrected chi connectivity index (χ1v) is 15.2. The molecule has 9 heavy (non-hydrogen) atoms. The normalized spacial score (nSPS) is 10.1. The number of hydrogen-bond acceptors (Lipinski definition) is 0. The molecule has 0 radical (unpaired) electrons. The van der Waals surface area contributed by atoms with E-state index in [1.54, 1.807) is 0 Å². The fourth-order valence-corrected chi connectivity index (χ4v) is 4.85. The van der Waals surface area contributed by atoms with Gasteiger partial charge in [0.05, 0.1) is 0 Å². The van der Waals surface area contributed by atoms with Crippen LogP contribution in [0.15, 0.2) is 30.3 Å². The summed E-state index contributed by atoms with van der Waals surface area (Å²) >= 11 is 5.88. The first-order chi connectivity index (χ1) is 4.30. The summed E-state index contributed by atoms with van der Waals surface area (Å²) in [4.78, 5) is 0. The zero-order chi connectivity index (χ0) is 6.69. The molecule has 0 spiro atoms. The van der Waals surface area contributed by atoms with Crippen LogP contribution in [-0.4, -0.2) is 15.7 Å². The molecule has 0 nitrogen and oxygen atoms in total. The van der Waals surface area contributed by atoms with E-state index in [0.29, 0.717) is 0 Å². The van der Waals surface area contributed by atoms with E-state index in [0.717, 1.165) is 0 Å². The summed E-state index contributed by atoms with van der Waals surface area (Å²) in [6, 6.07) is 10.5. The van der Waals surface area contributed by atoms with Crippen molar-refractivity contribution in [1.82, 2.24) is 0 Å². The average molecular weight is 359 g/mol. The second-order valence-electron chi connectivity index (χ2n) is 1.57. The standard InChI is InChI=1S/C6H5.2BrH.Sb/c1-2-4-6-5-3-1;;;/h1-5H;2*1H;/q;;;+2/p-2. The van der Waals surface area contributed by atoms with Crippen LogP contribution in [0.5, 0.6) is 0 Å². The third-order valence-corrected chi connectivity index (χ3v) is 8.41. The van der Waals surface area contributed by atoms with Crippen molar-refractivity contribution in [1.29, 1.82) is 0 Å². The predicted octanol–water partition coefficient (Wildman–Crippen LogP) is 2.17. The van der Waals surface area contributed by atoms with Crippen LogP contribution >= 0.6 is 25.2 Å². The Morgan fingerprint density at radius 3 is 1.89 bits per heavy atom. The van der Waals surface area contributed by atoms with Crippen molar-refractivity contribution in [2.24, 2.45) is 0 Å². The Labute approximate surface area is 74.0 Å². The summed E-state index contributed by atoms with van der Waals surface area (Å²) in [5.41, 5.74) is 0. The second kappa shape index (κ2) is 4.00. The topological polar surface area (TPSA) is 0 Å². The van der Waals surface area contributed by atoms with Crippen LogP contribution in [0.1, 0.15) is 0 Å². The Hall–Kier alpha value is 0.998. The van der Waals surface area contributed by atoms with Crippen LogP contribution in [0, 0.1) is 0 Å². The van der Waals surface area contributed by atoms with Gasteiger partial charge in [-0.15, -0.1) is 0 Å². The molecule has 1 aromatic rings. The van der Waals surface area contributed by atoms with E-state index in [-0.39, 0.29) is 0 Å². The van der Waals surface area contributed by atoms with E-state index in [2.05, 4.69) is 49.5 Å². The summed E-state index contributed by atoms with van der Waals surface area (Å²) in [5, 5.41) is 0. The van der Waals surface area contributed by atoms with E-state index >= 15 is 0 Å². The zero-order valence-corrected chi connectivity index (χ0v) is 10.3. The summed E-state index contributed by atoms with van der Waals surface area (Å²) in [6.07, 6.45) is 0. The molecule has 0 heterocycles. The molecule has 0 N–H and O–H groups in total. The minimum absolute atomic E-state index is 1.28. The number of rotatable bonds is 1. The average Bonchev–Trinajstić information content (AvgIpc) is 1.90. The summed E-state index contributed by atoms with van der Waals surface area (Å²) in [7, 11) is 0. The van der Waals surface area contributed by atoms with E-state index in [4.69, 9.17) is 0 Å². The fraction of sp³-hybridized carbons (Fsp3) is 0. The molecule has 0 fully saturated rings. The van der Waals surface area contributed by atoms with Gasteiger partial charge in [-0.05, 0) is 0 Å². The van der Waals surface area contributed by atoms with Gasteiger partial charge in [0.15, 0.2) is 0 Å². The monoisotopic (exact) mass is 356 g/mol. The molecule has 0 atom stereocenters. The summed E-state index contributed by atoms with van der Waals surface area (Å²) < 4.78 is 1.43. The summed E-state index contributed by atoms with van der Waals surface area (Å²) in [5.74, 6) is 0. The quantitative estimate of drug-likeness (QED) is 0.675. The molecule has 0 aromatic heterocycles. The van der Waals surface area contributed by atoms with Crippen molar-refractivity contribution in [3.63, 3.8) is 0 Å². The van der Waals surface area contributed by atoms with E-state index in [1.165, 1.54) is 3.51 Å². The molecule has 0 amide bonds.